The highest BCUT2D eigenvalue weighted by atomic mass is 14.2. The fourth-order valence-electron chi connectivity index (χ4n) is 0.167. The van der Waals surface area contributed by atoms with Gasteiger partial charge in [-0.2, -0.15) is 0 Å². The number of rotatable bonds is 1. The minimum absolute atomic E-state index is 1.08. The first-order chi connectivity index (χ1) is 6.81. The minimum Gasteiger partial charge on any atom is -0.0683 e. The molecule has 0 aromatic rings. The molecule has 1 saturated carbocycles. The van der Waals surface area contributed by atoms with Crippen LogP contribution in [-0.4, -0.2) is 0 Å². The Morgan fingerprint density at radius 2 is 0.857 bits per heavy atom. The first-order valence-corrected chi connectivity index (χ1v) is 6.81. The molecule has 0 N–H and O–H groups in total. The molecule has 0 bridgehead atoms. The molecule has 0 atom stereocenters. The summed E-state index contributed by atoms with van der Waals surface area (Å²) in [5.41, 5.74) is 0. The van der Waals surface area contributed by atoms with Gasteiger partial charge in [0.05, 0.1) is 0 Å². The van der Waals surface area contributed by atoms with Crippen LogP contribution in [0.1, 0.15) is 88.0 Å². The molecule has 0 aromatic heterocycles. The first kappa shape index (κ1) is 23.7. The number of unbranched alkanes of at least 4 members (excludes halogenated alkanes) is 1. The predicted molar refractivity (Wildman–Crippen MR) is 73.0 cm³/mol. The van der Waals surface area contributed by atoms with E-state index < -0.39 is 0 Å². The van der Waals surface area contributed by atoms with Gasteiger partial charge >= 0.3 is 0 Å². The third-order valence-corrected chi connectivity index (χ3v) is 1.37. The van der Waals surface area contributed by atoms with Crippen LogP contribution in [-0.2, 0) is 0 Å². The van der Waals surface area contributed by atoms with Crippen molar-refractivity contribution in [2.24, 2.45) is 5.92 Å². The summed E-state index contributed by atoms with van der Waals surface area (Å²) >= 11 is 0. The van der Waals surface area contributed by atoms with E-state index in [-0.39, 0.29) is 0 Å². The van der Waals surface area contributed by atoms with Crippen molar-refractivity contribution in [1.29, 1.82) is 0 Å². The summed E-state index contributed by atoms with van der Waals surface area (Å²) in [6, 6.07) is 0. The monoisotopic (exact) mass is 204 g/mol. The van der Waals surface area contributed by atoms with E-state index >= 15 is 0 Å². The molecule has 0 amide bonds. The fraction of sp³-hybridized carbons (Fsp3) is 1.00. The first-order valence-electron chi connectivity index (χ1n) is 6.81. The lowest BCUT2D eigenvalue weighted by Crippen LogP contribution is -1.47. The molecular weight excluding hydrogens is 168 g/mol. The van der Waals surface area contributed by atoms with Crippen LogP contribution in [0.4, 0.5) is 0 Å². The van der Waals surface area contributed by atoms with Gasteiger partial charge in [0.2, 0.25) is 0 Å². The topological polar surface area (TPSA) is 0 Å². The van der Waals surface area contributed by atoms with Crippen molar-refractivity contribution < 1.29 is 0 Å². The molecule has 0 unspecified atom stereocenters. The summed E-state index contributed by atoms with van der Waals surface area (Å²) in [7, 11) is 0. The van der Waals surface area contributed by atoms with Crippen LogP contribution in [0, 0.1) is 5.92 Å². The van der Waals surface area contributed by atoms with Gasteiger partial charge in [-0.25, -0.2) is 0 Å². The summed E-state index contributed by atoms with van der Waals surface area (Å²) in [5, 5.41) is 0. The maximum atomic E-state index is 2.28. The van der Waals surface area contributed by atoms with Crippen molar-refractivity contribution in [1.82, 2.24) is 0 Å². The van der Waals surface area contributed by atoms with E-state index in [1.165, 1.54) is 25.7 Å². The number of hydrogen-bond acceptors (Lipinski definition) is 0. The Morgan fingerprint density at radius 1 is 0.714 bits per heavy atom. The highest BCUT2D eigenvalue weighted by Gasteiger charge is 2.12. The van der Waals surface area contributed by atoms with E-state index in [9.17, 15) is 0 Å². The van der Waals surface area contributed by atoms with Crippen molar-refractivity contribution in [3.63, 3.8) is 0 Å². The maximum Gasteiger partial charge on any atom is -0.0443 e. The standard InChI is InChI=1S/C4H8.C4H10.3C2H6/c1-4-2-3-4;1-3-4-2;3*1-2/h4H,2-3H2,1H3;3-4H2,1-2H3;3*1-2H3. The Balaban J connectivity index is -0.0000000475. The molecule has 0 heterocycles. The van der Waals surface area contributed by atoms with E-state index in [4.69, 9.17) is 0 Å². The molecule has 14 heavy (non-hydrogen) atoms. The lowest BCUT2D eigenvalue weighted by Gasteiger charge is -1.68. The molecule has 1 aliphatic carbocycles. The summed E-state index contributed by atoms with van der Waals surface area (Å²) in [6.07, 6.45) is 5.61. The van der Waals surface area contributed by atoms with Gasteiger partial charge in [-0.3, -0.25) is 0 Å². The molecule has 0 radical (unpaired) electrons. The molecule has 1 fully saturated rings. The summed E-state index contributed by atoms with van der Waals surface area (Å²) < 4.78 is 0. The smallest absolute Gasteiger partial charge is 0.0443 e. The SMILES string of the molecule is CC.CC.CC.CC1CC1.CCCC. The third-order valence-electron chi connectivity index (χ3n) is 1.37. The van der Waals surface area contributed by atoms with Gasteiger partial charge in [0.1, 0.15) is 0 Å². The van der Waals surface area contributed by atoms with E-state index in [1.807, 2.05) is 41.5 Å². The largest absolute Gasteiger partial charge is 0.0683 e. The van der Waals surface area contributed by atoms with Gasteiger partial charge < -0.3 is 0 Å². The molecule has 0 aromatic carbocycles. The zero-order valence-corrected chi connectivity index (χ0v) is 12.4. The lowest BCUT2D eigenvalue weighted by atomic mass is 10.4. The van der Waals surface area contributed by atoms with Crippen molar-refractivity contribution in [2.45, 2.75) is 88.0 Å². The quantitative estimate of drug-likeness (QED) is 0.470. The van der Waals surface area contributed by atoms with E-state index in [0.29, 0.717) is 0 Å². The second kappa shape index (κ2) is 38.2. The van der Waals surface area contributed by atoms with E-state index in [0.717, 1.165) is 5.92 Å². The van der Waals surface area contributed by atoms with Crippen LogP contribution in [0.5, 0.6) is 0 Å². The van der Waals surface area contributed by atoms with Crippen molar-refractivity contribution in [3.05, 3.63) is 0 Å². The average Bonchev–Trinajstić information content (AvgIpc) is 3.09. The molecule has 0 spiro atoms. The predicted octanol–water partition coefficient (Wildman–Crippen LogP) is 6.30. The molecule has 0 nitrogen and oxygen atoms in total. The zero-order valence-electron chi connectivity index (χ0n) is 12.4. The van der Waals surface area contributed by atoms with Gasteiger partial charge in [-0.15, -0.1) is 0 Å². The molecule has 0 heteroatoms. The number of hydrogen-bond donors (Lipinski definition) is 0. The third kappa shape index (κ3) is 90.8. The average molecular weight is 204 g/mol. The molecule has 92 valence electrons. The molecule has 1 rings (SSSR count). The van der Waals surface area contributed by atoms with Crippen molar-refractivity contribution >= 4 is 0 Å². The summed E-state index contributed by atoms with van der Waals surface area (Å²) in [6.45, 7) is 18.6. The Labute approximate surface area is 94.5 Å². The Hall–Kier alpha value is 0. The van der Waals surface area contributed by atoms with Crippen LogP contribution in [0.2, 0.25) is 0 Å². The second-order valence-corrected chi connectivity index (χ2v) is 2.68. The molecular formula is C14H36. The Morgan fingerprint density at radius 3 is 0.857 bits per heavy atom. The molecule has 0 aliphatic heterocycles. The van der Waals surface area contributed by atoms with Crippen LogP contribution < -0.4 is 0 Å². The van der Waals surface area contributed by atoms with Gasteiger partial charge in [0.15, 0.2) is 0 Å². The fourth-order valence-corrected chi connectivity index (χ4v) is 0.167. The highest BCUT2D eigenvalue weighted by Crippen LogP contribution is 2.26. The lowest BCUT2D eigenvalue weighted by molar-refractivity contribution is 0.886. The normalized spacial score (nSPS) is 10.9. The second-order valence-electron chi connectivity index (χ2n) is 2.68. The maximum absolute atomic E-state index is 2.28. The summed E-state index contributed by atoms with van der Waals surface area (Å²) in [5.74, 6) is 1.08. The molecule has 1 aliphatic rings. The van der Waals surface area contributed by atoms with Gasteiger partial charge in [-0.1, -0.05) is 88.0 Å². The molecule has 0 saturated heterocycles. The summed E-state index contributed by atoms with van der Waals surface area (Å²) in [4.78, 5) is 0. The van der Waals surface area contributed by atoms with E-state index in [1.54, 1.807) is 0 Å². The van der Waals surface area contributed by atoms with Crippen molar-refractivity contribution in [3.8, 4) is 0 Å². The van der Waals surface area contributed by atoms with E-state index in [2.05, 4.69) is 20.8 Å². The van der Waals surface area contributed by atoms with Crippen LogP contribution in [0.25, 0.3) is 0 Å². The van der Waals surface area contributed by atoms with Crippen LogP contribution >= 0.6 is 0 Å². The van der Waals surface area contributed by atoms with Crippen LogP contribution in [0.15, 0.2) is 0 Å². The van der Waals surface area contributed by atoms with Crippen LogP contribution in [0.3, 0.4) is 0 Å². The van der Waals surface area contributed by atoms with Gasteiger partial charge in [0.25, 0.3) is 0 Å². The van der Waals surface area contributed by atoms with Gasteiger partial charge in [0, 0.05) is 0 Å². The van der Waals surface area contributed by atoms with Gasteiger partial charge in [-0.05, 0) is 5.92 Å². The highest BCUT2D eigenvalue weighted by molar-refractivity contribution is 4.65. The van der Waals surface area contributed by atoms with Crippen molar-refractivity contribution in [2.75, 3.05) is 0 Å². The Kier molecular flexibility index (Phi) is 64.6. The minimum atomic E-state index is 1.08. The Bertz CT molecular complexity index is 33.3. The zero-order chi connectivity index (χ0) is 12.4.